The molecule has 0 spiro atoms. The van der Waals surface area contributed by atoms with Crippen molar-refractivity contribution >= 4 is 49.9 Å². The average Bonchev–Trinajstić information content (AvgIpc) is 3.53. The van der Waals surface area contributed by atoms with Gasteiger partial charge in [-0.1, -0.05) is 62.9 Å². The zero-order chi connectivity index (χ0) is 29.1. The fourth-order valence-corrected chi connectivity index (χ4v) is 5.83. The summed E-state index contributed by atoms with van der Waals surface area (Å²) in [5.74, 6) is 0.547. The first kappa shape index (κ1) is 31.3. The molecule has 6 rings (SSSR count). The summed E-state index contributed by atoms with van der Waals surface area (Å²) in [5.41, 5.74) is 6.73. The van der Waals surface area contributed by atoms with Gasteiger partial charge in [0.2, 0.25) is 0 Å². The van der Waals surface area contributed by atoms with E-state index in [4.69, 9.17) is 9.41 Å². The Hall–Kier alpha value is -3.60. The second-order valence-electron chi connectivity index (χ2n) is 10.6. The van der Waals surface area contributed by atoms with Gasteiger partial charge < -0.3 is 14.5 Å². The number of hydrogen-bond acceptors (Lipinski definition) is 5. The number of allylic oxidation sites excluding steroid dienone is 2. The van der Waals surface area contributed by atoms with Gasteiger partial charge >= 0.3 is 0 Å². The quantitative estimate of drug-likeness (QED) is 0.0978. The van der Waals surface area contributed by atoms with Crippen molar-refractivity contribution in [2.75, 3.05) is 0 Å². The number of carbonyl (C=O) groups is 1. The molecule has 42 heavy (non-hydrogen) atoms. The topological polar surface area (TPSA) is 75.7 Å². The van der Waals surface area contributed by atoms with E-state index in [9.17, 15) is 9.90 Å². The SMILES string of the molecule is CC1=Nc2cccc3cc4oc5c(-c6ccccn6)[c-]ccc5c4c1c23.CCC(CC)C(=O)/C=C(\O)C(CC)CC.[Ir]. The number of aliphatic imine (C=N–C) groups is 1. The molecule has 1 aliphatic rings. The van der Waals surface area contributed by atoms with Crippen LogP contribution in [0.3, 0.4) is 0 Å². The third kappa shape index (κ3) is 5.84. The Kier molecular flexibility index (Phi) is 10.1. The van der Waals surface area contributed by atoms with Crippen LogP contribution in [0, 0.1) is 17.9 Å². The van der Waals surface area contributed by atoms with E-state index in [1.165, 1.54) is 17.0 Å². The molecule has 5 nitrogen and oxygen atoms in total. The summed E-state index contributed by atoms with van der Waals surface area (Å²) in [6, 6.07) is 21.6. The molecule has 0 saturated carbocycles. The molecule has 3 heterocycles. The number of aromatic nitrogens is 1. The van der Waals surface area contributed by atoms with Gasteiger partial charge in [-0.3, -0.25) is 9.79 Å². The summed E-state index contributed by atoms with van der Waals surface area (Å²) in [6.07, 6.45) is 6.70. The Morgan fingerprint density at radius 1 is 0.976 bits per heavy atom. The number of ketones is 1. The number of furan rings is 1. The van der Waals surface area contributed by atoms with E-state index in [-0.39, 0.29) is 43.5 Å². The van der Waals surface area contributed by atoms with Crippen LogP contribution in [-0.2, 0) is 24.9 Å². The van der Waals surface area contributed by atoms with Crippen LogP contribution in [0.15, 0.2) is 82.0 Å². The summed E-state index contributed by atoms with van der Waals surface area (Å²) in [7, 11) is 0. The molecular weight excluding hydrogens is 701 g/mol. The van der Waals surface area contributed by atoms with Crippen molar-refractivity contribution in [3.05, 3.63) is 84.3 Å². The van der Waals surface area contributed by atoms with Crippen LogP contribution < -0.4 is 0 Å². The van der Waals surface area contributed by atoms with E-state index in [1.807, 2.05) is 58.0 Å². The van der Waals surface area contributed by atoms with Crippen LogP contribution in [0.4, 0.5) is 5.69 Å². The monoisotopic (exact) mass is 738 g/mol. The van der Waals surface area contributed by atoms with Gasteiger partial charge in [-0.25, -0.2) is 0 Å². The van der Waals surface area contributed by atoms with Gasteiger partial charge in [-0.05, 0) is 61.9 Å². The number of hydrogen-bond donors (Lipinski definition) is 1. The van der Waals surface area contributed by atoms with Gasteiger partial charge in [0.05, 0.1) is 17.0 Å². The van der Waals surface area contributed by atoms with E-state index < -0.39 is 0 Å². The molecule has 0 atom stereocenters. The third-order valence-electron chi connectivity index (χ3n) is 8.19. The van der Waals surface area contributed by atoms with Crippen molar-refractivity contribution in [2.45, 2.75) is 60.3 Å². The summed E-state index contributed by atoms with van der Waals surface area (Å²) in [4.78, 5) is 21.0. The van der Waals surface area contributed by atoms with Gasteiger partial charge in [0.15, 0.2) is 5.78 Å². The standard InChI is InChI=1S/C23H13N2O.C13H24O2.Ir/c1-13-20-21-14(6-4-10-18(21)25-13)12-19-22(20)16-8-5-7-15(23(16)26-19)17-9-2-3-11-24-17;1-5-10(6-2)12(14)9-13(15)11(7-3)8-4;/h2-6,8-12H,1H3;9-11,14H,5-8H2,1-4H3;/q-1;;/b;12-9-;. The first-order valence-electron chi connectivity index (χ1n) is 14.7. The van der Waals surface area contributed by atoms with E-state index in [2.05, 4.69) is 42.2 Å². The maximum absolute atomic E-state index is 11.7. The van der Waals surface area contributed by atoms with Gasteiger partial charge in [0.1, 0.15) is 5.58 Å². The minimum Gasteiger partial charge on any atom is -0.512 e. The smallest absolute Gasteiger partial charge is 0.162 e. The first-order chi connectivity index (χ1) is 19.9. The Bertz CT molecular complexity index is 1780. The molecule has 219 valence electrons. The normalized spacial score (nSPS) is 12.5. The van der Waals surface area contributed by atoms with E-state index in [0.717, 1.165) is 75.7 Å². The second kappa shape index (κ2) is 13.6. The van der Waals surface area contributed by atoms with Gasteiger partial charge in [-0.15, -0.1) is 18.2 Å². The molecule has 3 aromatic carbocycles. The number of carbonyl (C=O) groups excluding carboxylic acids is 1. The van der Waals surface area contributed by atoms with Crippen molar-refractivity contribution in [1.29, 1.82) is 0 Å². The van der Waals surface area contributed by atoms with Crippen LogP contribution in [0.2, 0.25) is 0 Å². The fourth-order valence-electron chi connectivity index (χ4n) is 5.83. The van der Waals surface area contributed by atoms with E-state index in [0.29, 0.717) is 0 Å². The van der Waals surface area contributed by atoms with Crippen molar-refractivity contribution in [3.8, 4) is 11.3 Å². The van der Waals surface area contributed by atoms with Crippen LogP contribution in [0.1, 0.15) is 65.9 Å². The molecule has 0 unspecified atom stereocenters. The largest absolute Gasteiger partial charge is 0.512 e. The van der Waals surface area contributed by atoms with Crippen LogP contribution >= 0.6 is 0 Å². The zero-order valence-electron chi connectivity index (χ0n) is 24.8. The van der Waals surface area contributed by atoms with E-state index in [1.54, 1.807) is 6.20 Å². The van der Waals surface area contributed by atoms with Crippen LogP contribution in [0.5, 0.6) is 0 Å². The predicted octanol–water partition coefficient (Wildman–Crippen LogP) is 9.92. The molecule has 2 aromatic heterocycles. The predicted molar refractivity (Wildman–Crippen MR) is 169 cm³/mol. The Morgan fingerprint density at radius 3 is 2.38 bits per heavy atom. The van der Waals surface area contributed by atoms with Crippen molar-refractivity contribution < 1.29 is 34.4 Å². The Balaban J connectivity index is 0.000000221. The molecule has 5 aromatic rings. The van der Waals surface area contributed by atoms with Crippen molar-refractivity contribution in [1.82, 2.24) is 4.98 Å². The van der Waals surface area contributed by atoms with Gasteiger partial charge in [0.25, 0.3) is 0 Å². The molecule has 0 saturated heterocycles. The minimum absolute atomic E-state index is 0. The Labute approximate surface area is 261 Å². The zero-order valence-corrected chi connectivity index (χ0v) is 27.2. The number of aliphatic hydroxyl groups is 1. The summed E-state index contributed by atoms with van der Waals surface area (Å²) in [6.45, 7) is 10.1. The molecule has 1 aliphatic heterocycles. The Morgan fingerprint density at radius 2 is 1.71 bits per heavy atom. The molecule has 0 aliphatic carbocycles. The molecule has 1 radical (unpaired) electrons. The number of aliphatic hydroxyl groups excluding tert-OH is 1. The number of rotatable bonds is 8. The second-order valence-corrected chi connectivity index (χ2v) is 10.6. The number of pyridine rings is 1. The summed E-state index contributed by atoms with van der Waals surface area (Å²) in [5, 5.41) is 14.4. The van der Waals surface area contributed by atoms with Gasteiger partial charge in [-0.2, -0.15) is 0 Å². The molecule has 6 heteroatoms. The number of benzene rings is 3. The molecule has 0 fully saturated rings. The first-order valence-corrected chi connectivity index (χ1v) is 14.7. The fraction of sp³-hybridized carbons (Fsp3) is 0.306. The molecule has 0 amide bonds. The average molecular weight is 738 g/mol. The van der Waals surface area contributed by atoms with Gasteiger partial charge in [0, 0.05) is 66.3 Å². The van der Waals surface area contributed by atoms with Crippen molar-refractivity contribution in [2.24, 2.45) is 16.8 Å². The molecule has 0 bridgehead atoms. The summed E-state index contributed by atoms with van der Waals surface area (Å²) >= 11 is 0. The van der Waals surface area contributed by atoms with E-state index >= 15 is 0 Å². The molecule has 1 N–H and O–H groups in total. The third-order valence-corrected chi connectivity index (χ3v) is 8.19. The van der Waals surface area contributed by atoms with Crippen LogP contribution in [-0.4, -0.2) is 21.6 Å². The van der Waals surface area contributed by atoms with Crippen LogP contribution in [0.25, 0.3) is 44.0 Å². The van der Waals surface area contributed by atoms with Crippen molar-refractivity contribution in [3.63, 3.8) is 0 Å². The maximum Gasteiger partial charge on any atom is 0.162 e. The molecular formula is C36H37IrN2O3-. The summed E-state index contributed by atoms with van der Waals surface area (Å²) < 4.78 is 6.33. The minimum atomic E-state index is 0. The number of nitrogens with zero attached hydrogens (tertiary/aromatic N) is 2. The number of fused-ring (bicyclic) bond motifs is 4. The maximum atomic E-state index is 11.7.